The van der Waals surface area contributed by atoms with Crippen molar-refractivity contribution < 1.29 is 38.4 Å². The van der Waals surface area contributed by atoms with Crippen LogP contribution in [0.3, 0.4) is 0 Å². The molecular formula is C21H20O8. The van der Waals surface area contributed by atoms with Gasteiger partial charge in [-0.15, -0.1) is 0 Å². The first-order valence-corrected chi connectivity index (χ1v) is 9.13. The predicted octanol–water partition coefficient (Wildman–Crippen LogP) is 1.95. The molecule has 0 aliphatic carbocycles. The van der Waals surface area contributed by atoms with Crippen LogP contribution in [0.25, 0.3) is 0 Å². The van der Waals surface area contributed by atoms with Crippen molar-refractivity contribution in [1.29, 1.82) is 0 Å². The van der Waals surface area contributed by atoms with Gasteiger partial charge in [-0.05, 0) is 48.5 Å². The van der Waals surface area contributed by atoms with Crippen molar-refractivity contribution in [1.82, 2.24) is 0 Å². The normalized spacial score (nSPS) is 25.3. The maximum atomic E-state index is 12.4. The highest BCUT2D eigenvalue weighted by Gasteiger charge is 2.51. The van der Waals surface area contributed by atoms with Crippen molar-refractivity contribution >= 4 is 11.9 Å². The molecular weight excluding hydrogens is 380 g/mol. The summed E-state index contributed by atoms with van der Waals surface area (Å²) in [5, 5.41) is 9.32. The average Bonchev–Trinajstić information content (AvgIpc) is 3.32. The fraction of sp³-hybridized carbons (Fsp3) is 0.333. The van der Waals surface area contributed by atoms with Crippen LogP contribution in [0.5, 0.6) is 11.5 Å². The number of rotatable bonds is 5. The second-order valence-corrected chi connectivity index (χ2v) is 6.76. The maximum Gasteiger partial charge on any atom is 0.338 e. The Morgan fingerprint density at radius 1 is 0.828 bits per heavy atom. The van der Waals surface area contributed by atoms with Crippen LogP contribution >= 0.6 is 0 Å². The third-order valence-electron chi connectivity index (χ3n) is 4.91. The molecule has 2 aliphatic heterocycles. The van der Waals surface area contributed by atoms with E-state index in [0.717, 1.165) is 0 Å². The Bertz CT molecular complexity index is 877. The summed E-state index contributed by atoms with van der Waals surface area (Å²) in [5.74, 6) is -0.328. The zero-order valence-corrected chi connectivity index (χ0v) is 15.6. The molecule has 0 saturated carbocycles. The Kier molecular flexibility index (Phi) is 5.37. The Hall–Kier alpha value is -3.10. The third kappa shape index (κ3) is 4.03. The molecule has 4 rings (SSSR count). The summed E-state index contributed by atoms with van der Waals surface area (Å²) < 4.78 is 27.5. The minimum Gasteiger partial charge on any atom is -0.508 e. The van der Waals surface area contributed by atoms with Crippen LogP contribution in [0, 0.1) is 0 Å². The van der Waals surface area contributed by atoms with E-state index in [4.69, 9.17) is 23.7 Å². The lowest BCUT2D eigenvalue weighted by Crippen LogP contribution is -2.36. The van der Waals surface area contributed by atoms with E-state index >= 15 is 0 Å². The van der Waals surface area contributed by atoms with Gasteiger partial charge in [0, 0.05) is 0 Å². The third-order valence-corrected chi connectivity index (χ3v) is 4.91. The van der Waals surface area contributed by atoms with Crippen molar-refractivity contribution in [3.63, 3.8) is 0 Å². The Balaban J connectivity index is 1.35. The number of hydrogen-bond donors (Lipinski definition) is 1. The lowest BCUT2D eigenvalue weighted by Gasteiger charge is -2.17. The number of methoxy groups -OCH3 is 1. The summed E-state index contributed by atoms with van der Waals surface area (Å²) in [4.78, 5) is 24.7. The summed E-state index contributed by atoms with van der Waals surface area (Å²) in [6, 6.07) is 12.3. The van der Waals surface area contributed by atoms with E-state index in [1.165, 1.54) is 24.3 Å². The molecule has 2 fully saturated rings. The fourth-order valence-corrected chi connectivity index (χ4v) is 3.37. The van der Waals surface area contributed by atoms with Crippen LogP contribution in [0.15, 0.2) is 48.5 Å². The Morgan fingerprint density at radius 2 is 1.28 bits per heavy atom. The van der Waals surface area contributed by atoms with Gasteiger partial charge < -0.3 is 28.8 Å². The second kappa shape index (κ2) is 8.10. The summed E-state index contributed by atoms with van der Waals surface area (Å²) in [6.07, 6.45) is -2.21. The van der Waals surface area contributed by atoms with Crippen molar-refractivity contribution in [3.05, 3.63) is 59.7 Å². The molecule has 0 spiro atoms. The van der Waals surface area contributed by atoms with Gasteiger partial charge in [0.1, 0.15) is 23.7 Å². The van der Waals surface area contributed by atoms with Gasteiger partial charge in [0.2, 0.25) is 0 Å². The molecule has 2 aromatic carbocycles. The topological polar surface area (TPSA) is 101 Å². The van der Waals surface area contributed by atoms with Gasteiger partial charge in [-0.2, -0.15) is 0 Å². The standard InChI is InChI=1S/C21H20O8/c1-25-15-8-4-13(5-9-15)21(24)29-17-11-27-18-16(10-26-19(17)18)28-20(23)12-2-6-14(22)7-3-12/h2-9,16-19,22H,10-11H2,1H3/t16-,17-,18?,19?/m0/s1. The molecule has 2 unspecified atom stereocenters. The highest BCUT2D eigenvalue weighted by molar-refractivity contribution is 5.90. The second-order valence-electron chi connectivity index (χ2n) is 6.76. The summed E-state index contributed by atoms with van der Waals surface area (Å²) in [5.41, 5.74) is 0.703. The van der Waals surface area contributed by atoms with Gasteiger partial charge in [-0.1, -0.05) is 0 Å². The molecule has 0 amide bonds. The minimum absolute atomic E-state index is 0.0615. The molecule has 8 nitrogen and oxygen atoms in total. The van der Waals surface area contributed by atoms with Crippen LogP contribution < -0.4 is 4.74 Å². The van der Waals surface area contributed by atoms with Crippen molar-refractivity contribution in [2.45, 2.75) is 24.4 Å². The molecule has 0 bridgehead atoms. The minimum atomic E-state index is -0.606. The van der Waals surface area contributed by atoms with Gasteiger partial charge in [-0.3, -0.25) is 0 Å². The van der Waals surface area contributed by atoms with Gasteiger partial charge in [-0.25, -0.2) is 9.59 Å². The van der Waals surface area contributed by atoms with Crippen LogP contribution in [0.4, 0.5) is 0 Å². The number of carbonyl (C=O) groups excluding carboxylic acids is 2. The molecule has 2 saturated heterocycles. The van der Waals surface area contributed by atoms with E-state index in [0.29, 0.717) is 16.9 Å². The number of hydrogen-bond acceptors (Lipinski definition) is 8. The van der Waals surface area contributed by atoms with Crippen LogP contribution in [-0.2, 0) is 18.9 Å². The number of benzene rings is 2. The average molecular weight is 400 g/mol. The number of aromatic hydroxyl groups is 1. The largest absolute Gasteiger partial charge is 0.508 e. The number of phenols is 1. The molecule has 8 heteroatoms. The quantitative estimate of drug-likeness (QED) is 0.760. The van der Waals surface area contributed by atoms with E-state index in [2.05, 4.69) is 0 Å². The zero-order valence-electron chi connectivity index (χ0n) is 15.6. The summed E-state index contributed by atoms with van der Waals surface area (Å²) >= 11 is 0. The lowest BCUT2D eigenvalue weighted by molar-refractivity contribution is -0.0287. The first-order valence-electron chi connectivity index (χ1n) is 9.13. The van der Waals surface area contributed by atoms with Crippen molar-refractivity contribution in [2.24, 2.45) is 0 Å². The first-order chi connectivity index (χ1) is 14.0. The zero-order chi connectivity index (χ0) is 20.4. The molecule has 2 aliphatic rings. The highest BCUT2D eigenvalue weighted by atomic mass is 16.7. The SMILES string of the molecule is COc1ccc(C(=O)O[C@H]2COC3C2OC[C@@H]3OC(=O)c2ccc(O)cc2)cc1. The van der Waals surface area contributed by atoms with Crippen molar-refractivity contribution in [2.75, 3.05) is 20.3 Å². The number of phenolic OH excluding ortho intramolecular Hbond substituents is 1. The van der Waals surface area contributed by atoms with Crippen molar-refractivity contribution in [3.8, 4) is 11.5 Å². The molecule has 29 heavy (non-hydrogen) atoms. The van der Waals surface area contributed by atoms with E-state index in [-0.39, 0.29) is 19.0 Å². The molecule has 0 aromatic heterocycles. The first kappa shape index (κ1) is 19.2. The van der Waals surface area contributed by atoms with Crippen LogP contribution in [0.2, 0.25) is 0 Å². The van der Waals surface area contributed by atoms with Crippen LogP contribution in [-0.4, -0.2) is 61.8 Å². The monoisotopic (exact) mass is 400 g/mol. The smallest absolute Gasteiger partial charge is 0.338 e. The summed E-state index contributed by atoms with van der Waals surface area (Å²) in [7, 11) is 1.55. The molecule has 152 valence electrons. The number of esters is 2. The predicted molar refractivity (Wildman–Crippen MR) is 99.0 cm³/mol. The highest BCUT2D eigenvalue weighted by Crippen LogP contribution is 2.31. The Morgan fingerprint density at radius 3 is 1.72 bits per heavy atom. The molecule has 4 atom stereocenters. The van der Waals surface area contributed by atoms with E-state index < -0.39 is 36.4 Å². The van der Waals surface area contributed by atoms with E-state index in [1.54, 1.807) is 31.4 Å². The van der Waals surface area contributed by atoms with Gasteiger partial charge in [0.05, 0.1) is 31.5 Å². The van der Waals surface area contributed by atoms with E-state index in [1.807, 2.05) is 0 Å². The van der Waals surface area contributed by atoms with Gasteiger partial charge >= 0.3 is 11.9 Å². The van der Waals surface area contributed by atoms with Crippen LogP contribution in [0.1, 0.15) is 20.7 Å². The lowest BCUT2D eigenvalue weighted by atomic mass is 10.1. The molecule has 2 heterocycles. The Labute approximate surface area is 166 Å². The molecule has 1 N–H and O–H groups in total. The maximum absolute atomic E-state index is 12.4. The summed E-state index contributed by atoms with van der Waals surface area (Å²) in [6.45, 7) is 0.306. The number of ether oxygens (including phenoxy) is 5. The molecule has 0 radical (unpaired) electrons. The number of fused-ring (bicyclic) bond motifs is 1. The molecule has 2 aromatic rings. The van der Waals surface area contributed by atoms with Gasteiger partial charge in [0.25, 0.3) is 0 Å². The van der Waals surface area contributed by atoms with E-state index in [9.17, 15) is 14.7 Å². The van der Waals surface area contributed by atoms with Gasteiger partial charge in [0.15, 0.2) is 12.2 Å². The number of carbonyl (C=O) groups is 2. The fourth-order valence-electron chi connectivity index (χ4n) is 3.37.